The van der Waals surface area contributed by atoms with E-state index in [9.17, 15) is 4.79 Å². The van der Waals surface area contributed by atoms with Gasteiger partial charge in [0.15, 0.2) is 0 Å². The standard InChI is InChI=1S/C17H12N2O.Y/c20-17-14-10-4-5-11-15(14)18-16(19-17)12-6-9-13-7-2-1-3-8-13;/h1-5,7,9-11H,12H2,(H,18,19,20);/q-2;. The van der Waals surface area contributed by atoms with Crippen LogP contribution in [0.3, 0.4) is 0 Å². The number of H-pyrrole nitrogens is 1. The molecule has 3 rings (SSSR count). The molecule has 0 bridgehead atoms. The number of allylic oxidation sites excluding steroid dienone is 1. The second-order valence-corrected chi connectivity index (χ2v) is 4.37. The summed E-state index contributed by atoms with van der Waals surface area (Å²) in [5.41, 5.74) is 1.55. The summed E-state index contributed by atoms with van der Waals surface area (Å²) in [5.74, 6) is 0.612. The monoisotopic (exact) mass is 349 g/mol. The number of nitrogens with zero attached hydrogens (tertiary/aromatic N) is 1. The predicted octanol–water partition coefficient (Wildman–Crippen LogP) is 2.78. The average Bonchev–Trinajstić information content (AvgIpc) is 2.48. The van der Waals surface area contributed by atoms with Gasteiger partial charge in [-0.3, -0.25) is 4.79 Å². The zero-order valence-electron chi connectivity index (χ0n) is 11.3. The molecule has 3 aromatic rings. The van der Waals surface area contributed by atoms with Crippen molar-refractivity contribution < 1.29 is 32.7 Å². The fraction of sp³-hybridized carbons (Fsp3) is 0.0588. The number of para-hydroxylation sites is 1. The first-order valence-corrected chi connectivity index (χ1v) is 6.34. The molecule has 0 aliphatic heterocycles. The number of rotatable bonds is 3. The Morgan fingerprint density at radius 2 is 2.00 bits per heavy atom. The van der Waals surface area contributed by atoms with Crippen molar-refractivity contribution in [3.63, 3.8) is 0 Å². The minimum Gasteiger partial charge on any atom is -0.319 e. The molecular formula is C17H12N2OY-2. The van der Waals surface area contributed by atoms with E-state index >= 15 is 0 Å². The number of aromatic amines is 1. The van der Waals surface area contributed by atoms with Gasteiger partial charge in [-0.25, -0.2) is 17.1 Å². The van der Waals surface area contributed by atoms with Crippen LogP contribution in [0.5, 0.6) is 0 Å². The van der Waals surface area contributed by atoms with E-state index in [1.807, 2.05) is 48.5 Å². The van der Waals surface area contributed by atoms with Crippen LogP contribution in [0.1, 0.15) is 11.4 Å². The number of benzene rings is 2. The summed E-state index contributed by atoms with van der Waals surface area (Å²) in [4.78, 5) is 19.1. The fourth-order valence-electron chi connectivity index (χ4n) is 1.97. The molecule has 0 atom stereocenters. The average molecular weight is 349 g/mol. The maximum atomic E-state index is 11.9. The third-order valence-corrected chi connectivity index (χ3v) is 2.92. The summed E-state index contributed by atoms with van der Waals surface area (Å²) in [6.07, 6.45) is 5.42. The molecule has 0 amide bonds. The molecule has 0 saturated heterocycles. The van der Waals surface area contributed by atoms with Gasteiger partial charge in [-0.1, -0.05) is 18.6 Å². The molecule has 1 radical (unpaired) electrons. The summed E-state index contributed by atoms with van der Waals surface area (Å²) >= 11 is 0. The quantitative estimate of drug-likeness (QED) is 0.739. The maximum absolute atomic E-state index is 11.9. The Balaban J connectivity index is 0.00000161. The third kappa shape index (κ3) is 3.96. The number of fused-ring (bicyclic) bond motifs is 1. The molecule has 0 aliphatic rings. The van der Waals surface area contributed by atoms with E-state index in [0.29, 0.717) is 23.1 Å². The van der Waals surface area contributed by atoms with Crippen molar-refractivity contribution in [2.75, 3.05) is 0 Å². The fourth-order valence-corrected chi connectivity index (χ4v) is 1.97. The molecule has 0 saturated carbocycles. The van der Waals surface area contributed by atoms with Crippen LogP contribution in [0, 0.1) is 12.1 Å². The summed E-state index contributed by atoms with van der Waals surface area (Å²) < 4.78 is 0. The van der Waals surface area contributed by atoms with Crippen LogP contribution in [0.25, 0.3) is 17.0 Å². The zero-order valence-corrected chi connectivity index (χ0v) is 14.2. The van der Waals surface area contributed by atoms with Crippen molar-refractivity contribution in [3.8, 4) is 0 Å². The maximum Gasteiger partial charge on any atom is 0.258 e. The van der Waals surface area contributed by atoms with E-state index in [0.717, 1.165) is 5.56 Å². The van der Waals surface area contributed by atoms with Gasteiger partial charge in [0.05, 0.1) is 16.7 Å². The van der Waals surface area contributed by atoms with Crippen LogP contribution in [0.15, 0.2) is 53.3 Å². The molecule has 1 aromatic heterocycles. The van der Waals surface area contributed by atoms with Crippen molar-refractivity contribution >= 4 is 17.0 Å². The van der Waals surface area contributed by atoms with E-state index in [2.05, 4.69) is 22.1 Å². The second kappa shape index (κ2) is 7.44. The van der Waals surface area contributed by atoms with Crippen molar-refractivity contribution in [1.82, 2.24) is 9.97 Å². The molecule has 101 valence electrons. The largest absolute Gasteiger partial charge is 0.319 e. The van der Waals surface area contributed by atoms with Crippen LogP contribution in [0.4, 0.5) is 0 Å². The van der Waals surface area contributed by atoms with Crippen LogP contribution in [-0.4, -0.2) is 9.97 Å². The summed E-state index contributed by atoms with van der Waals surface area (Å²) in [7, 11) is 0. The molecule has 3 nitrogen and oxygen atoms in total. The van der Waals surface area contributed by atoms with E-state index in [4.69, 9.17) is 0 Å². The number of nitrogens with one attached hydrogen (secondary N) is 1. The molecule has 0 unspecified atom stereocenters. The van der Waals surface area contributed by atoms with Gasteiger partial charge < -0.3 is 22.7 Å². The first kappa shape index (κ1) is 15.8. The van der Waals surface area contributed by atoms with E-state index in [1.54, 1.807) is 6.07 Å². The normalized spacial score (nSPS) is 10.7. The predicted molar refractivity (Wildman–Crippen MR) is 79.1 cm³/mol. The van der Waals surface area contributed by atoms with Crippen molar-refractivity contribution in [2.45, 2.75) is 6.42 Å². The molecule has 0 aliphatic carbocycles. The molecule has 0 fully saturated rings. The van der Waals surface area contributed by atoms with E-state index in [1.165, 1.54) is 0 Å². The Morgan fingerprint density at radius 3 is 2.81 bits per heavy atom. The van der Waals surface area contributed by atoms with Gasteiger partial charge in [0.1, 0.15) is 0 Å². The molecule has 1 N–H and O–H groups in total. The molecule has 1 heterocycles. The van der Waals surface area contributed by atoms with Crippen molar-refractivity contribution in [2.24, 2.45) is 0 Å². The number of hydrogen-bond acceptors (Lipinski definition) is 2. The summed E-state index contributed by atoms with van der Waals surface area (Å²) in [6.45, 7) is 0. The van der Waals surface area contributed by atoms with Gasteiger partial charge in [0, 0.05) is 32.7 Å². The third-order valence-electron chi connectivity index (χ3n) is 2.92. The van der Waals surface area contributed by atoms with Crippen LogP contribution in [-0.2, 0) is 39.1 Å². The first-order chi connectivity index (χ1) is 9.83. The first-order valence-electron chi connectivity index (χ1n) is 6.34. The Kier molecular flexibility index (Phi) is 5.60. The minimum atomic E-state index is -0.112. The summed E-state index contributed by atoms with van der Waals surface area (Å²) in [5, 5.41) is 0.608. The zero-order chi connectivity index (χ0) is 13.8. The Hall–Kier alpha value is -1.58. The molecular weight excluding hydrogens is 337 g/mol. The van der Waals surface area contributed by atoms with E-state index in [-0.39, 0.29) is 38.3 Å². The number of hydrogen-bond donors (Lipinski definition) is 1. The Bertz CT molecular complexity index is 810. The Labute approximate surface area is 148 Å². The second-order valence-electron chi connectivity index (χ2n) is 4.37. The van der Waals surface area contributed by atoms with Gasteiger partial charge >= 0.3 is 0 Å². The van der Waals surface area contributed by atoms with Gasteiger partial charge in [-0.05, 0) is 12.1 Å². The summed E-state index contributed by atoms with van der Waals surface area (Å²) in [6, 6.07) is 18.1. The van der Waals surface area contributed by atoms with Gasteiger partial charge in [-0.2, -0.15) is 12.1 Å². The van der Waals surface area contributed by atoms with Gasteiger partial charge in [0.2, 0.25) is 0 Å². The van der Waals surface area contributed by atoms with Crippen molar-refractivity contribution in [3.05, 3.63) is 82.4 Å². The van der Waals surface area contributed by atoms with Crippen LogP contribution < -0.4 is 5.56 Å². The topological polar surface area (TPSA) is 45.8 Å². The van der Waals surface area contributed by atoms with Gasteiger partial charge in [-0.15, -0.1) is 6.07 Å². The molecule has 4 heteroatoms. The van der Waals surface area contributed by atoms with E-state index < -0.39 is 0 Å². The SMILES string of the molecule is O=c1[nH]c(C[C-]=Cc2[c-]cccc2)nc2ccccc12.[Y]. The van der Waals surface area contributed by atoms with Crippen molar-refractivity contribution in [1.29, 1.82) is 0 Å². The van der Waals surface area contributed by atoms with Crippen LogP contribution >= 0.6 is 0 Å². The van der Waals surface area contributed by atoms with Gasteiger partial charge in [0.25, 0.3) is 5.56 Å². The van der Waals surface area contributed by atoms with Crippen LogP contribution in [0.2, 0.25) is 0 Å². The molecule has 21 heavy (non-hydrogen) atoms. The molecule has 2 aromatic carbocycles. The minimum absolute atomic E-state index is 0. The Morgan fingerprint density at radius 1 is 1.19 bits per heavy atom. The molecule has 0 spiro atoms. The smallest absolute Gasteiger partial charge is 0.258 e. The number of aromatic nitrogens is 2.